The Labute approximate surface area is 165 Å². The number of hydrogen-bond acceptors (Lipinski definition) is 6. The fourth-order valence-electron chi connectivity index (χ4n) is 3.09. The van der Waals surface area contributed by atoms with Crippen molar-refractivity contribution in [3.63, 3.8) is 0 Å². The minimum atomic E-state index is -0.431. The molecule has 0 radical (unpaired) electrons. The minimum absolute atomic E-state index is 0.203. The van der Waals surface area contributed by atoms with Crippen molar-refractivity contribution in [1.29, 1.82) is 0 Å². The van der Waals surface area contributed by atoms with Crippen molar-refractivity contribution in [1.82, 2.24) is 25.1 Å². The van der Waals surface area contributed by atoms with Crippen molar-refractivity contribution >= 4 is 11.8 Å². The number of urea groups is 1. The first-order valence-corrected chi connectivity index (χ1v) is 8.99. The lowest BCUT2D eigenvalue weighted by Gasteiger charge is -2.20. The summed E-state index contributed by atoms with van der Waals surface area (Å²) in [4.78, 5) is 20.5. The third-order valence-corrected chi connectivity index (χ3v) is 4.48. The number of anilines is 1. The number of nitrogens with zero attached hydrogens (tertiary/aromatic N) is 4. The lowest BCUT2D eigenvalue weighted by molar-refractivity contribution is 0.100. The lowest BCUT2D eigenvalue weighted by atomic mass is 10.0. The number of aromatic nitrogens is 4. The Morgan fingerprint density at radius 2 is 2.14 bits per heavy atom. The second-order valence-electron chi connectivity index (χ2n) is 6.40. The molecule has 0 aliphatic carbocycles. The number of carbonyl (C=O) groups is 1. The van der Waals surface area contributed by atoms with Crippen LogP contribution >= 0.6 is 0 Å². The van der Waals surface area contributed by atoms with Gasteiger partial charge >= 0.3 is 6.03 Å². The van der Waals surface area contributed by atoms with Crippen LogP contribution in [0.4, 0.5) is 15.0 Å². The summed E-state index contributed by atoms with van der Waals surface area (Å²) in [5.41, 5.74) is 0.861. The molecule has 4 rings (SSSR count). The average Bonchev–Trinajstić information content (AvgIpc) is 3.38. The maximum absolute atomic E-state index is 13.0. The van der Waals surface area contributed by atoms with E-state index in [1.54, 1.807) is 31.6 Å². The molecule has 29 heavy (non-hydrogen) atoms. The highest BCUT2D eigenvalue weighted by atomic mass is 19.1. The Morgan fingerprint density at radius 3 is 2.86 bits per heavy atom. The van der Waals surface area contributed by atoms with E-state index in [4.69, 9.17) is 9.47 Å². The SMILES string of the molecule is COc1ccc([C@@H]2OCC[C@H]2NC(=O)Nc2ccn(-c3ccc(F)cn3)n2)cn1. The molecule has 10 heteroatoms. The Balaban J connectivity index is 1.38. The summed E-state index contributed by atoms with van der Waals surface area (Å²) in [5, 5.41) is 9.82. The van der Waals surface area contributed by atoms with Gasteiger partial charge in [0.25, 0.3) is 0 Å². The summed E-state index contributed by atoms with van der Waals surface area (Å²) in [5.74, 6) is 0.866. The molecule has 150 valence electrons. The van der Waals surface area contributed by atoms with E-state index in [1.165, 1.54) is 16.8 Å². The quantitative estimate of drug-likeness (QED) is 0.684. The van der Waals surface area contributed by atoms with Crippen LogP contribution < -0.4 is 15.4 Å². The predicted octanol–water partition coefficient (Wildman–Crippen LogP) is 2.46. The summed E-state index contributed by atoms with van der Waals surface area (Å²) in [6.45, 7) is 0.534. The molecule has 0 bridgehead atoms. The normalized spacial score (nSPS) is 18.4. The van der Waals surface area contributed by atoms with Gasteiger partial charge < -0.3 is 14.8 Å². The van der Waals surface area contributed by atoms with E-state index in [2.05, 4.69) is 25.7 Å². The van der Waals surface area contributed by atoms with Gasteiger partial charge in [0.1, 0.15) is 11.9 Å². The van der Waals surface area contributed by atoms with Crippen molar-refractivity contribution in [3.8, 4) is 11.7 Å². The Hall–Kier alpha value is -3.53. The van der Waals surface area contributed by atoms with Gasteiger partial charge in [-0.25, -0.2) is 23.8 Å². The third kappa shape index (κ3) is 4.32. The molecule has 9 nitrogen and oxygen atoms in total. The van der Waals surface area contributed by atoms with Crippen LogP contribution in [0.3, 0.4) is 0 Å². The van der Waals surface area contributed by atoms with Crippen molar-refractivity contribution in [2.75, 3.05) is 19.0 Å². The second kappa shape index (κ2) is 8.23. The van der Waals surface area contributed by atoms with Crippen LogP contribution in [0, 0.1) is 5.82 Å². The Kier molecular flexibility index (Phi) is 5.34. The molecule has 3 aromatic rings. The fraction of sp³-hybridized carbons (Fsp3) is 0.263. The van der Waals surface area contributed by atoms with E-state index < -0.39 is 11.8 Å². The van der Waals surface area contributed by atoms with E-state index >= 15 is 0 Å². The molecule has 1 fully saturated rings. The van der Waals surface area contributed by atoms with Crippen molar-refractivity contribution in [3.05, 3.63) is 60.3 Å². The molecule has 1 saturated heterocycles. The molecule has 0 saturated carbocycles. The number of nitrogens with one attached hydrogen (secondary N) is 2. The van der Waals surface area contributed by atoms with Gasteiger partial charge in [-0.1, -0.05) is 0 Å². The summed E-state index contributed by atoms with van der Waals surface area (Å²) in [6.07, 6.45) is 4.79. The van der Waals surface area contributed by atoms with Crippen molar-refractivity contribution < 1.29 is 18.7 Å². The molecule has 3 aromatic heterocycles. The third-order valence-electron chi connectivity index (χ3n) is 4.48. The molecule has 2 amide bonds. The minimum Gasteiger partial charge on any atom is -0.481 e. The molecule has 0 aromatic carbocycles. The molecule has 0 unspecified atom stereocenters. The number of amides is 2. The Morgan fingerprint density at radius 1 is 1.24 bits per heavy atom. The van der Waals surface area contributed by atoms with E-state index in [0.29, 0.717) is 30.5 Å². The standard InChI is InChI=1S/C19H19FN6O3/c1-28-17-5-2-12(10-22-17)18-14(7-9-29-18)23-19(27)24-15-6-8-26(25-15)16-4-3-13(20)11-21-16/h2-6,8,10-11,14,18H,7,9H2,1H3,(H2,23,24,25,27)/t14-,18+/m1/s1. The van der Waals surface area contributed by atoms with Gasteiger partial charge in [0.15, 0.2) is 11.6 Å². The Bertz CT molecular complexity index is 976. The topological polar surface area (TPSA) is 103 Å². The van der Waals surface area contributed by atoms with E-state index in [1.807, 2.05) is 6.07 Å². The number of ether oxygens (including phenoxy) is 2. The van der Waals surface area contributed by atoms with Crippen LogP contribution in [0.15, 0.2) is 48.9 Å². The molecule has 1 aliphatic rings. The van der Waals surface area contributed by atoms with Gasteiger partial charge in [0.05, 0.1) is 19.3 Å². The van der Waals surface area contributed by atoms with Crippen LogP contribution in [0.2, 0.25) is 0 Å². The van der Waals surface area contributed by atoms with Gasteiger partial charge in [0, 0.05) is 36.7 Å². The maximum atomic E-state index is 13.0. The van der Waals surface area contributed by atoms with E-state index in [0.717, 1.165) is 11.8 Å². The zero-order valence-corrected chi connectivity index (χ0v) is 15.6. The largest absolute Gasteiger partial charge is 0.481 e. The van der Waals surface area contributed by atoms with Crippen LogP contribution in [-0.4, -0.2) is 45.5 Å². The monoisotopic (exact) mass is 398 g/mol. The molecular formula is C19H19FN6O3. The first-order valence-electron chi connectivity index (χ1n) is 8.99. The zero-order valence-electron chi connectivity index (χ0n) is 15.6. The highest BCUT2D eigenvalue weighted by molar-refractivity contribution is 5.88. The van der Waals surface area contributed by atoms with Crippen LogP contribution in [0.5, 0.6) is 5.88 Å². The summed E-state index contributed by atoms with van der Waals surface area (Å²) in [6, 6.07) is 7.43. The maximum Gasteiger partial charge on any atom is 0.320 e. The van der Waals surface area contributed by atoms with Crippen molar-refractivity contribution in [2.45, 2.75) is 18.6 Å². The highest BCUT2D eigenvalue weighted by Gasteiger charge is 2.31. The molecule has 1 aliphatic heterocycles. The fourth-order valence-corrected chi connectivity index (χ4v) is 3.09. The molecule has 4 heterocycles. The first-order chi connectivity index (χ1) is 14.1. The van der Waals surface area contributed by atoms with Gasteiger partial charge in [-0.2, -0.15) is 0 Å². The summed E-state index contributed by atoms with van der Waals surface area (Å²) < 4.78 is 25.3. The molecule has 2 N–H and O–H groups in total. The van der Waals surface area contributed by atoms with E-state index in [9.17, 15) is 9.18 Å². The van der Waals surface area contributed by atoms with Crippen LogP contribution in [-0.2, 0) is 4.74 Å². The van der Waals surface area contributed by atoms with Gasteiger partial charge in [0.2, 0.25) is 5.88 Å². The van der Waals surface area contributed by atoms with Gasteiger partial charge in [-0.15, -0.1) is 5.10 Å². The number of carbonyl (C=O) groups excluding carboxylic acids is 1. The van der Waals surface area contributed by atoms with Crippen LogP contribution in [0.25, 0.3) is 5.82 Å². The average molecular weight is 398 g/mol. The highest BCUT2D eigenvalue weighted by Crippen LogP contribution is 2.29. The van der Waals surface area contributed by atoms with Gasteiger partial charge in [-0.05, 0) is 24.6 Å². The second-order valence-corrected chi connectivity index (χ2v) is 6.40. The lowest BCUT2D eigenvalue weighted by Crippen LogP contribution is -2.39. The number of hydrogen-bond donors (Lipinski definition) is 2. The molecule has 0 spiro atoms. The number of methoxy groups -OCH3 is 1. The summed E-state index contributed by atoms with van der Waals surface area (Å²) >= 11 is 0. The first kappa shape index (κ1) is 18.8. The van der Waals surface area contributed by atoms with Crippen LogP contribution in [0.1, 0.15) is 18.1 Å². The number of halogens is 1. The number of rotatable bonds is 5. The summed E-state index contributed by atoms with van der Waals surface area (Å²) in [7, 11) is 1.55. The van der Waals surface area contributed by atoms with Crippen molar-refractivity contribution in [2.24, 2.45) is 0 Å². The zero-order chi connectivity index (χ0) is 20.2. The van der Waals surface area contributed by atoms with E-state index in [-0.39, 0.29) is 12.1 Å². The molecule has 2 atom stereocenters. The molecular weight excluding hydrogens is 379 g/mol. The predicted molar refractivity (Wildman–Crippen MR) is 101 cm³/mol. The smallest absolute Gasteiger partial charge is 0.320 e. The number of pyridine rings is 2. The van der Waals surface area contributed by atoms with Gasteiger partial charge in [-0.3, -0.25) is 5.32 Å².